The fourth-order valence-electron chi connectivity index (χ4n) is 5.68. The van der Waals surface area contributed by atoms with Gasteiger partial charge in [0, 0.05) is 62.8 Å². The van der Waals surface area contributed by atoms with E-state index in [0.29, 0.717) is 42.1 Å². The Kier molecular flexibility index (Phi) is 5.92. The van der Waals surface area contributed by atoms with Gasteiger partial charge < -0.3 is 9.47 Å². The highest BCUT2D eigenvalue weighted by Gasteiger charge is 2.39. The Morgan fingerprint density at radius 1 is 1.08 bits per heavy atom. The SMILES string of the molecule is Cc1nccn1Cc1cc2c(c(-c3cn(C)nc3C(F)(F)F)c1)CCN([C@@H](C)c1cc(C3CC3)nn1C)C2=O. The van der Waals surface area contributed by atoms with Gasteiger partial charge in [-0.2, -0.15) is 23.4 Å². The van der Waals surface area contributed by atoms with E-state index in [4.69, 9.17) is 0 Å². The van der Waals surface area contributed by atoms with Crippen LogP contribution in [0.5, 0.6) is 0 Å². The third kappa shape index (κ3) is 4.53. The highest BCUT2D eigenvalue weighted by atomic mass is 19.4. The van der Waals surface area contributed by atoms with E-state index in [2.05, 4.69) is 21.2 Å². The molecule has 1 aliphatic heterocycles. The Bertz CT molecular complexity index is 1570. The molecule has 1 aromatic carbocycles. The molecule has 4 heterocycles. The lowest BCUT2D eigenvalue weighted by molar-refractivity contribution is -0.140. The molecule has 1 atom stereocenters. The summed E-state index contributed by atoms with van der Waals surface area (Å²) < 4.78 is 46.9. The predicted octanol–water partition coefficient (Wildman–Crippen LogP) is 5.03. The first kappa shape index (κ1) is 25.4. The van der Waals surface area contributed by atoms with Gasteiger partial charge in [0.1, 0.15) is 5.82 Å². The molecule has 204 valence electrons. The topological polar surface area (TPSA) is 73.8 Å². The number of nitrogens with zero attached hydrogens (tertiary/aromatic N) is 7. The van der Waals surface area contributed by atoms with Crippen molar-refractivity contribution in [2.45, 2.75) is 57.8 Å². The molecule has 0 spiro atoms. The molecule has 11 heteroatoms. The number of benzene rings is 1. The molecule has 0 radical (unpaired) electrons. The maximum atomic E-state index is 14.0. The summed E-state index contributed by atoms with van der Waals surface area (Å²) in [7, 11) is 3.37. The van der Waals surface area contributed by atoms with Crippen molar-refractivity contribution in [3.8, 4) is 11.1 Å². The van der Waals surface area contributed by atoms with Crippen LogP contribution in [-0.4, -0.2) is 46.5 Å². The predicted molar refractivity (Wildman–Crippen MR) is 138 cm³/mol. The number of alkyl halides is 3. The average molecular weight is 538 g/mol. The molecule has 2 aliphatic rings. The van der Waals surface area contributed by atoms with E-state index in [1.54, 1.807) is 17.2 Å². The van der Waals surface area contributed by atoms with Gasteiger partial charge in [-0.15, -0.1) is 0 Å². The Balaban J connectivity index is 1.44. The van der Waals surface area contributed by atoms with Crippen molar-refractivity contribution in [2.24, 2.45) is 14.1 Å². The maximum absolute atomic E-state index is 14.0. The Morgan fingerprint density at radius 2 is 1.82 bits per heavy atom. The summed E-state index contributed by atoms with van der Waals surface area (Å²) in [4.78, 5) is 20.1. The third-order valence-corrected chi connectivity index (χ3v) is 7.89. The maximum Gasteiger partial charge on any atom is 0.435 e. The number of aryl methyl sites for hydroxylation is 3. The summed E-state index contributed by atoms with van der Waals surface area (Å²) in [5.74, 6) is 1.07. The molecule has 1 amide bonds. The van der Waals surface area contributed by atoms with Gasteiger partial charge in [-0.3, -0.25) is 14.2 Å². The molecule has 1 saturated carbocycles. The van der Waals surface area contributed by atoms with Crippen molar-refractivity contribution >= 4 is 5.91 Å². The molecule has 8 nitrogen and oxygen atoms in total. The average Bonchev–Trinajstić information content (AvgIpc) is 3.36. The molecule has 6 rings (SSSR count). The van der Waals surface area contributed by atoms with E-state index in [1.165, 1.54) is 17.9 Å². The van der Waals surface area contributed by atoms with Crippen LogP contribution in [0.15, 0.2) is 36.8 Å². The van der Waals surface area contributed by atoms with Crippen LogP contribution in [0.2, 0.25) is 0 Å². The Hall–Kier alpha value is -3.89. The van der Waals surface area contributed by atoms with E-state index in [-0.39, 0.29) is 17.5 Å². The molecule has 0 N–H and O–H groups in total. The first-order valence-electron chi connectivity index (χ1n) is 13.1. The van der Waals surface area contributed by atoms with Gasteiger partial charge in [0.2, 0.25) is 0 Å². The second-order valence-electron chi connectivity index (χ2n) is 10.7. The van der Waals surface area contributed by atoms with E-state index in [0.717, 1.165) is 35.6 Å². The van der Waals surface area contributed by atoms with Crippen molar-refractivity contribution in [1.29, 1.82) is 0 Å². The summed E-state index contributed by atoms with van der Waals surface area (Å²) in [6.07, 6.45) is 2.96. The van der Waals surface area contributed by atoms with Crippen LogP contribution in [0.25, 0.3) is 11.1 Å². The number of aromatic nitrogens is 6. The lowest BCUT2D eigenvalue weighted by Gasteiger charge is -2.35. The second kappa shape index (κ2) is 9.10. The summed E-state index contributed by atoms with van der Waals surface area (Å²) in [5.41, 5.74) is 3.22. The van der Waals surface area contributed by atoms with Gasteiger partial charge in [0.15, 0.2) is 5.69 Å². The minimum absolute atomic E-state index is 0.0135. The van der Waals surface area contributed by atoms with Crippen molar-refractivity contribution in [3.05, 3.63) is 76.4 Å². The van der Waals surface area contributed by atoms with E-state index in [1.807, 2.05) is 42.4 Å². The number of rotatable bonds is 6. The summed E-state index contributed by atoms with van der Waals surface area (Å²) >= 11 is 0. The molecular weight excluding hydrogens is 507 g/mol. The lowest BCUT2D eigenvalue weighted by Crippen LogP contribution is -2.40. The molecular formula is C28H30F3N7O. The number of carbonyl (C=O) groups is 1. The number of hydrogen-bond donors (Lipinski definition) is 0. The molecule has 1 aliphatic carbocycles. The summed E-state index contributed by atoms with van der Waals surface area (Å²) in [6.45, 7) is 4.62. The fraction of sp³-hybridized carbons (Fsp3) is 0.429. The zero-order valence-corrected chi connectivity index (χ0v) is 22.3. The molecule has 3 aromatic heterocycles. The molecule has 1 fully saturated rings. The highest BCUT2D eigenvalue weighted by Crippen LogP contribution is 2.42. The van der Waals surface area contributed by atoms with E-state index < -0.39 is 11.9 Å². The monoisotopic (exact) mass is 537 g/mol. The Labute approximate surface area is 224 Å². The summed E-state index contributed by atoms with van der Waals surface area (Å²) in [6, 6.07) is 5.44. The number of amides is 1. The van der Waals surface area contributed by atoms with Crippen molar-refractivity contribution in [3.63, 3.8) is 0 Å². The van der Waals surface area contributed by atoms with Gasteiger partial charge in [-0.05, 0) is 68.0 Å². The van der Waals surface area contributed by atoms with Crippen molar-refractivity contribution in [1.82, 2.24) is 34.0 Å². The van der Waals surface area contributed by atoms with Crippen LogP contribution < -0.4 is 0 Å². The van der Waals surface area contributed by atoms with Crippen molar-refractivity contribution < 1.29 is 18.0 Å². The Morgan fingerprint density at radius 3 is 2.49 bits per heavy atom. The molecule has 39 heavy (non-hydrogen) atoms. The summed E-state index contributed by atoms with van der Waals surface area (Å²) in [5, 5.41) is 8.40. The third-order valence-electron chi connectivity index (χ3n) is 7.89. The van der Waals surface area contributed by atoms with Crippen LogP contribution in [0.4, 0.5) is 13.2 Å². The van der Waals surface area contributed by atoms with Crippen LogP contribution in [0, 0.1) is 6.92 Å². The zero-order valence-electron chi connectivity index (χ0n) is 22.3. The minimum Gasteiger partial charge on any atom is -0.331 e. The first-order valence-corrected chi connectivity index (χ1v) is 13.1. The normalized spacial score (nSPS) is 16.6. The van der Waals surface area contributed by atoms with Crippen LogP contribution >= 0.6 is 0 Å². The van der Waals surface area contributed by atoms with Gasteiger partial charge in [0.25, 0.3) is 5.91 Å². The van der Waals surface area contributed by atoms with Gasteiger partial charge in [0.05, 0.1) is 17.4 Å². The van der Waals surface area contributed by atoms with Gasteiger partial charge >= 0.3 is 6.18 Å². The smallest absolute Gasteiger partial charge is 0.331 e. The van der Waals surface area contributed by atoms with E-state index >= 15 is 0 Å². The minimum atomic E-state index is -4.63. The first-order chi connectivity index (χ1) is 18.5. The van der Waals surface area contributed by atoms with Gasteiger partial charge in [-0.1, -0.05) is 0 Å². The highest BCUT2D eigenvalue weighted by molar-refractivity contribution is 5.99. The van der Waals surface area contributed by atoms with E-state index in [9.17, 15) is 18.0 Å². The second-order valence-corrected chi connectivity index (χ2v) is 10.7. The number of imidazole rings is 1. The largest absolute Gasteiger partial charge is 0.435 e. The standard InChI is InChI=1S/C28H30F3N7O/c1-16(25-13-24(19-5-6-19)33-36(25)4)38-9-7-20-21(23-15-35(3)34-26(23)28(29,30)31)11-18(12-22(20)27(38)39)14-37-10-8-32-17(37)2/h8,10-13,15-16,19H,5-7,9,14H2,1-4H3/t16-/m0/s1. The number of carbonyl (C=O) groups excluding carboxylic acids is 1. The zero-order chi connectivity index (χ0) is 27.6. The lowest BCUT2D eigenvalue weighted by atomic mass is 9.87. The molecule has 0 unspecified atom stereocenters. The molecule has 0 saturated heterocycles. The number of hydrogen-bond acceptors (Lipinski definition) is 4. The quantitative estimate of drug-likeness (QED) is 0.346. The van der Waals surface area contributed by atoms with Crippen LogP contribution in [0.1, 0.15) is 76.1 Å². The molecule has 0 bridgehead atoms. The number of halogens is 3. The van der Waals surface area contributed by atoms with Gasteiger partial charge in [-0.25, -0.2) is 4.98 Å². The van der Waals surface area contributed by atoms with Crippen molar-refractivity contribution in [2.75, 3.05) is 6.54 Å². The number of fused-ring (bicyclic) bond motifs is 1. The van der Waals surface area contributed by atoms with Crippen LogP contribution in [-0.2, 0) is 33.2 Å². The fourth-order valence-corrected chi connectivity index (χ4v) is 5.68. The van der Waals surface area contributed by atoms with Crippen LogP contribution in [0.3, 0.4) is 0 Å². The molecule has 4 aromatic rings.